The zero-order valence-electron chi connectivity index (χ0n) is 14.6. The van der Waals surface area contributed by atoms with Crippen LogP contribution in [0.5, 0.6) is 0 Å². The van der Waals surface area contributed by atoms with E-state index in [9.17, 15) is 9.59 Å². The molecule has 0 radical (unpaired) electrons. The third-order valence-electron chi connectivity index (χ3n) is 4.27. The van der Waals surface area contributed by atoms with Crippen molar-refractivity contribution in [2.75, 3.05) is 33.4 Å². The van der Waals surface area contributed by atoms with Crippen LogP contribution in [0.1, 0.15) is 33.8 Å². The number of nitrogens with one attached hydrogen (secondary N) is 1. The van der Waals surface area contributed by atoms with Crippen LogP contribution in [0, 0.1) is 5.92 Å². The Kier molecular flexibility index (Phi) is 6.29. The van der Waals surface area contributed by atoms with Crippen LogP contribution in [0.25, 0.3) is 0 Å². The van der Waals surface area contributed by atoms with Gasteiger partial charge in [-0.25, -0.2) is 4.98 Å². The first-order chi connectivity index (χ1) is 12.7. The predicted octanol–water partition coefficient (Wildman–Crippen LogP) is 0.663. The maximum absolute atomic E-state index is 12.4. The SMILES string of the molecule is COCCNC(=O)c1cn(C[C@H]2CCCN(C(=O)c3cscn3)C2)nn1. The van der Waals surface area contributed by atoms with Gasteiger partial charge in [-0.15, -0.1) is 16.4 Å². The predicted molar refractivity (Wildman–Crippen MR) is 95.0 cm³/mol. The molecule has 0 aromatic carbocycles. The number of rotatable bonds is 7. The van der Waals surface area contributed by atoms with Gasteiger partial charge in [-0.3, -0.25) is 14.3 Å². The maximum Gasteiger partial charge on any atom is 0.273 e. The van der Waals surface area contributed by atoms with Crippen molar-refractivity contribution in [3.8, 4) is 0 Å². The minimum atomic E-state index is -0.266. The van der Waals surface area contributed by atoms with Gasteiger partial charge in [0, 0.05) is 38.7 Å². The number of aromatic nitrogens is 4. The lowest BCUT2D eigenvalue weighted by atomic mass is 9.98. The molecule has 9 nitrogen and oxygen atoms in total. The monoisotopic (exact) mass is 378 g/mol. The number of piperidine rings is 1. The van der Waals surface area contributed by atoms with E-state index in [1.807, 2.05) is 4.90 Å². The molecule has 0 aliphatic carbocycles. The number of methoxy groups -OCH3 is 1. The molecule has 2 amide bonds. The highest BCUT2D eigenvalue weighted by molar-refractivity contribution is 7.07. The van der Waals surface area contributed by atoms with Crippen LogP contribution >= 0.6 is 11.3 Å². The summed E-state index contributed by atoms with van der Waals surface area (Å²) in [5.74, 6) is -0.0116. The molecule has 3 rings (SSSR count). The molecular weight excluding hydrogens is 356 g/mol. The summed E-state index contributed by atoms with van der Waals surface area (Å²) in [5, 5.41) is 12.5. The molecule has 1 N–H and O–H groups in total. The van der Waals surface area contributed by atoms with Gasteiger partial charge in [-0.1, -0.05) is 5.21 Å². The van der Waals surface area contributed by atoms with Crippen LogP contribution in [0.15, 0.2) is 17.1 Å². The van der Waals surface area contributed by atoms with Gasteiger partial charge in [-0.05, 0) is 18.8 Å². The van der Waals surface area contributed by atoms with Gasteiger partial charge in [-0.2, -0.15) is 0 Å². The molecule has 0 unspecified atom stereocenters. The third kappa shape index (κ3) is 4.64. The quantitative estimate of drug-likeness (QED) is 0.710. The van der Waals surface area contributed by atoms with Crippen LogP contribution in [0.3, 0.4) is 0 Å². The molecule has 1 atom stereocenters. The van der Waals surface area contributed by atoms with E-state index in [-0.39, 0.29) is 23.4 Å². The summed E-state index contributed by atoms with van der Waals surface area (Å²) in [4.78, 5) is 30.4. The van der Waals surface area contributed by atoms with Crippen LogP contribution in [0.4, 0.5) is 0 Å². The van der Waals surface area contributed by atoms with Crippen molar-refractivity contribution in [2.45, 2.75) is 19.4 Å². The second kappa shape index (κ2) is 8.86. The fraction of sp³-hybridized carbons (Fsp3) is 0.562. The lowest BCUT2D eigenvalue weighted by molar-refractivity contribution is 0.0654. The molecule has 1 fully saturated rings. The Balaban J connectivity index is 1.54. The molecule has 10 heteroatoms. The lowest BCUT2D eigenvalue weighted by Gasteiger charge is -2.32. The van der Waals surface area contributed by atoms with E-state index in [4.69, 9.17) is 4.74 Å². The van der Waals surface area contributed by atoms with E-state index in [1.165, 1.54) is 11.3 Å². The number of thiazole rings is 1. The standard InChI is InChI=1S/C16H22N6O3S/c1-25-6-4-17-15(23)13-9-22(20-19-13)8-12-3-2-5-21(7-12)16(24)14-10-26-11-18-14/h9-12H,2-8H2,1H3,(H,17,23)/t12-/m0/s1. The van der Waals surface area contributed by atoms with E-state index in [0.29, 0.717) is 31.9 Å². The first-order valence-corrected chi connectivity index (χ1v) is 9.46. The second-order valence-electron chi connectivity index (χ2n) is 6.21. The van der Waals surface area contributed by atoms with Gasteiger partial charge in [0.1, 0.15) is 5.69 Å². The molecule has 1 aliphatic rings. The lowest BCUT2D eigenvalue weighted by Crippen LogP contribution is -2.41. The Labute approximate surface area is 155 Å². The molecule has 2 aromatic heterocycles. The first kappa shape index (κ1) is 18.5. The van der Waals surface area contributed by atoms with Crippen LogP contribution in [0.2, 0.25) is 0 Å². The van der Waals surface area contributed by atoms with E-state index < -0.39 is 0 Å². The van der Waals surface area contributed by atoms with Crippen molar-refractivity contribution >= 4 is 23.2 Å². The van der Waals surface area contributed by atoms with Crippen LogP contribution in [-0.2, 0) is 11.3 Å². The zero-order chi connectivity index (χ0) is 18.4. The maximum atomic E-state index is 12.4. The zero-order valence-corrected chi connectivity index (χ0v) is 15.4. The number of ether oxygens (including phenoxy) is 1. The highest BCUT2D eigenvalue weighted by atomic mass is 32.1. The van der Waals surface area contributed by atoms with Gasteiger partial charge in [0.2, 0.25) is 0 Å². The summed E-state index contributed by atoms with van der Waals surface area (Å²) in [6.07, 6.45) is 3.60. The molecule has 0 spiro atoms. The Hall–Kier alpha value is -2.33. The molecule has 2 aromatic rings. The second-order valence-corrected chi connectivity index (χ2v) is 6.93. The van der Waals surface area contributed by atoms with E-state index in [1.54, 1.807) is 28.9 Å². The number of hydrogen-bond acceptors (Lipinski definition) is 7. The third-order valence-corrected chi connectivity index (χ3v) is 4.85. The Bertz CT molecular complexity index is 732. The van der Waals surface area contributed by atoms with Crippen molar-refractivity contribution in [2.24, 2.45) is 5.92 Å². The summed E-state index contributed by atoms with van der Waals surface area (Å²) in [5.41, 5.74) is 2.46. The topological polar surface area (TPSA) is 102 Å². The van der Waals surface area contributed by atoms with Gasteiger partial charge >= 0.3 is 0 Å². The summed E-state index contributed by atoms with van der Waals surface area (Å²) in [6, 6.07) is 0. The summed E-state index contributed by atoms with van der Waals surface area (Å²) in [7, 11) is 1.58. The highest BCUT2D eigenvalue weighted by Gasteiger charge is 2.26. The van der Waals surface area contributed by atoms with Crippen molar-refractivity contribution in [3.63, 3.8) is 0 Å². The van der Waals surface area contributed by atoms with Crippen molar-refractivity contribution in [1.82, 2.24) is 30.2 Å². The number of hydrogen-bond donors (Lipinski definition) is 1. The summed E-state index contributed by atoms with van der Waals surface area (Å²) >= 11 is 1.42. The minimum Gasteiger partial charge on any atom is -0.383 e. The van der Waals surface area contributed by atoms with E-state index in [2.05, 4.69) is 20.6 Å². The Morgan fingerprint density at radius 3 is 3.08 bits per heavy atom. The molecule has 140 valence electrons. The fourth-order valence-electron chi connectivity index (χ4n) is 2.99. The van der Waals surface area contributed by atoms with E-state index >= 15 is 0 Å². The number of amides is 2. The highest BCUT2D eigenvalue weighted by Crippen LogP contribution is 2.20. The van der Waals surface area contributed by atoms with Gasteiger partial charge in [0.05, 0.1) is 18.3 Å². The summed E-state index contributed by atoms with van der Waals surface area (Å²) in [6.45, 7) is 2.91. The molecular formula is C16H22N6O3S. The molecule has 0 saturated carbocycles. The van der Waals surface area contributed by atoms with Crippen molar-refractivity contribution < 1.29 is 14.3 Å². The fourth-order valence-corrected chi connectivity index (χ4v) is 3.52. The van der Waals surface area contributed by atoms with Gasteiger partial charge in [0.15, 0.2) is 5.69 Å². The first-order valence-electron chi connectivity index (χ1n) is 8.52. The average Bonchev–Trinajstić information content (AvgIpc) is 3.33. The normalized spacial score (nSPS) is 17.3. The molecule has 1 aliphatic heterocycles. The van der Waals surface area contributed by atoms with Crippen LogP contribution < -0.4 is 5.32 Å². The number of carbonyl (C=O) groups excluding carboxylic acids is 2. The molecule has 3 heterocycles. The Morgan fingerprint density at radius 1 is 1.42 bits per heavy atom. The molecule has 1 saturated heterocycles. The molecule has 0 bridgehead atoms. The van der Waals surface area contributed by atoms with E-state index in [0.717, 1.165) is 19.4 Å². The number of likely N-dealkylation sites (tertiary alicyclic amines) is 1. The van der Waals surface area contributed by atoms with Gasteiger partial charge in [0.25, 0.3) is 11.8 Å². The smallest absolute Gasteiger partial charge is 0.273 e. The average molecular weight is 378 g/mol. The number of carbonyl (C=O) groups is 2. The molecule has 26 heavy (non-hydrogen) atoms. The Morgan fingerprint density at radius 2 is 2.31 bits per heavy atom. The van der Waals surface area contributed by atoms with Gasteiger partial charge < -0.3 is 15.0 Å². The van der Waals surface area contributed by atoms with Crippen molar-refractivity contribution in [1.29, 1.82) is 0 Å². The minimum absolute atomic E-state index is 0.0206. The van der Waals surface area contributed by atoms with Crippen molar-refractivity contribution in [3.05, 3.63) is 28.5 Å². The van der Waals surface area contributed by atoms with Crippen LogP contribution in [-0.4, -0.2) is 70.0 Å². The number of nitrogens with zero attached hydrogens (tertiary/aromatic N) is 5. The summed E-state index contributed by atoms with van der Waals surface area (Å²) < 4.78 is 6.57. The largest absolute Gasteiger partial charge is 0.383 e.